The lowest BCUT2D eigenvalue weighted by Gasteiger charge is -2.23. The number of halogens is 1. The third-order valence-corrected chi connectivity index (χ3v) is 5.29. The molecule has 0 aliphatic carbocycles. The average Bonchev–Trinajstić information content (AvgIpc) is 2.96. The number of piperidine rings is 1. The van der Waals surface area contributed by atoms with Gasteiger partial charge in [-0.05, 0) is 81.8 Å². The maximum absolute atomic E-state index is 12.7. The first-order valence-corrected chi connectivity index (χ1v) is 9.42. The number of carbonyl (C=O) groups excluding carboxylic acids is 2. The van der Waals surface area contributed by atoms with E-state index in [2.05, 4.69) is 16.7 Å². The fourth-order valence-electron chi connectivity index (χ4n) is 3.98. The number of carbonyl (C=O) groups is 2. The van der Waals surface area contributed by atoms with Gasteiger partial charge in [0.1, 0.15) is 5.92 Å². The maximum Gasteiger partial charge on any atom is 0.239 e. The molecule has 2 amide bonds. The van der Waals surface area contributed by atoms with Crippen molar-refractivity contribution >= 4 is 29.9 Å². The smallest absolute Gasteiger partial charge is 0.239 e. The van der Waals surface area contributed by atoms with E-state index in [1.807, 2.05) is 26.0 Å². The Hall–Kier alpha value is -1.59. The minimum atomic E-state index is -0.537. The van der Waals surface area contributed by atoms with Crippen molar-refractivity contribution in [1.82, 2.24) is 10.6 Å². The predicted octanol–water partition coefficient (Wildman–Crippen LogP) is 2.58. The summed E-state index contributed by atoms with van der Waals surface area (Å²) in [5.41, 5.74) is 3.18. The number of rotatable bonds is 5. The molecule has 26 heavy (non-hydrogen) atoms. The number of amides is 2. The second-order valence-corrected chi connectivity index (χ2v) is 7.47. The summed E-state index contributed by atoms with van der Waals surface area (Å²) in [6.07, 6.45) is 4.03. The van der Waals surface area contributed by atoms with Crippen LogP contribution in [0.1, 0.15) is 36.8 Å². The van der Waals surface area contributed by atoms with Crippen molar-refractivity contribution in [3.63, 3.8) is 0 Å². The molecule has 2 fully saturated rings. The SMILES string of the molecule is Cc1cc(C)cc(N2CCC(C(=O)NCCC3CCCNC3)C2=O)c1.Cl. The number of hydrogen-bond acceptors (Lipinski definition) is 3. The highest BCUT2D eigenvalue weighted by Crippen LogP contribution is 2.27. The summed E-state index contributed by atoms with van der Waals surface area (Å²) in [4.78, 5) is 26.9. The molecule has 3 rings (SSSR count). The summed E-state index contributed by atoms with van der Waals surface area (Å²) in [5.74, 6) is -0.0760. The van der Waals surface area contributed by atoms with Crippen LogP contribution < -0.4 is 15.5 Å². The van der Waals surface area contributed by atoms with Crippen LogP contribution >= 0.6 is 12.4 Å². The van der Waals surface area contributed by atoms with Crippen LogP contribution in [0.3, 0.4) is 0 Å². The molecule has 2 heterocycles. The van der Waals surface area contributed by atoms with Gasteiger partial charge in [-0.25, -0.2) is 0 Å². The van der Waals surface area contributed by atoms with Gasteiger partial charge in [-0.2, -0.15) is 0 Å². The lowest BCUT2D eigenvalue weighted by molar-refractivity contribution is -0.132. The number of nitrogens with zero attached hydrogens (tertiary/aromatic N) is 1. The lowest BCUT2D eigenvalue weighted by Crippen LogP contribution is -2.38. The Labute approximate surface area is 162 Å². The van der Waals surface area contributed by atoms with Crippen LogP contribution in [-0.4, -0.2) is 38.0 Å². The van der Waals surface area contributed by atoms with Crippen LogP contribution in [0, 0.1) is 25.7 Å². The monoisotopic (exact) mass is 379 g/mol. The van der Waals surface area contributed by atoms with Crippen molar-refractivity contribution in [1.29, 1.82) is 0 Å². The van der Waals surface area contributed by atoms with Crippen molar-refractivity contribution in [2.45, 2.75) is 39.5 Å². The van der Waals surface area contributed by atoms with E-state index in [9.17, 15) is 9.59 Å². The van der Waals surface area contributed by atoms with E-state index >= 15 is 0 Å². The molecule has 1 aromatic carbocycles. The number of anilines is 1. The molecule has 0 radical (unpaired) electrons. The van der Waals surface area contributed by atoms with Crippen LogP contribution in [0.5, 0.6) is 0 Å². The van der Waals surface area contributed by atoms with Gasteiger partial charge in [0, 0.05) is 18.8 Å². The molecule has 0 aromatic heterocycles. The number of benzene rings is 1. The molecule has 2 N–H and O–H groups in total. The Morgan fingerprint density at radius 1 is 1.23 bits per heavy atom. The largest absolute Gasteiger partial charge is 0.355 e. The fourth-order valence-corrected chi connectivity index (χ4v) is 3.98. The van der Waals surface area contributed by atoms with Gasteiger partial charge in [-0.15, -0.1) is 12.4 Å². The Morgan fingerprint density at radius 2 is 1.96 bits per heavy atom. The molecule has 5 nitrogen and oxygen atoms in total. The van der Waals surface area contributed by atoms with Gasteiger partial charge in [0.2, 0.25) is 11.8 Å². The third kappa shape index (κ3) is 4.98. The van der Waals surface area contributed by atoms with Gasteiger partial charge in [0.25, 0.3) is 0 Å². The molecule has 2 saturated heterocycles. The normalized spacial score (nSPS) is 22.8. The van der Waals surface area contributed by atoms with E-state index in [0.717, 1.165) is 36.3 Å². The van der Waals surface area contributed by atoms with Crippen molar-refractivity contribution in [2.24, 2.45) is 11.8 Å². The number of aryl methyl sites for hydroxylation is 2. The number of hydrogen-bond donors (Lipinski definition) is 2. The van der Waals surface area contributed by atoms with Crippen LogP contribution in [-0.2, 0) is 9.59 Å². The van der Waals surface area contributed by atoms with E-state index in [0.29, 0.717) is 25.4 Å². The summed E-state index contributed by atoms with van der Waals surface area (Å²) in [6.45, 7) is 7.49. The zero-order valence-corrected chi connectivity index (χ0v) is 16.5. The highest BCUT2D eigenvalue weighted by Gasteiger charge is 2.37. The Bertz CT molecular complexity index is 624. The first kappa shape index (κ1) is 20.7. The molecular formula is C20H30ClN3O2. The van der Waals surface area contributed by atoms with Crippen LogP contribution in [0.15, 0.2) is 18.2 Å². The molecule has 144 valence electrons. The summed E-state index contributed by atoms with van der Waals surface area (Å²) in [6, 6.07) is 6.12. The Morgan fingerprint density at radius 3 is 2.62 bits per heavy atom. The molecule has 0 spiro atoms. The highest BCUT2D eigenvalue weighted by atomic mass is 35.5. The summed E-state index contributed by atoms with van der Waals surface area (Å²) < 4.78 is 0. The van der Waals surface area contributed by atoms with Crippen molar-refractivity contribution in [2.75, 3.05) is 31.1 Å². The molecule has 2 aliphatic heterocycles. The molecule has 0 bridgehead atoms. The summed E-state index contributed by atoms with van der Waals surface area (Å²) in [5, 5.41) is 6.38. The first-order chi connectivity index (χ1) is 12.0. The average molecular weight is 380 g/mol. The van der Waals surface area contributed by atoms with Gasteiger partial charge in [0.05, 0.1) is 0 Å². The minimum absolute atomic E-state index is 0. The molecule has 2 atom stereocenters. The molecule has 0 saturated carbocycles. The van der Waals surface area contributed by atoms with E-state index in [1.54, 1.807) is 4.90 Å². The standard InChI is InChI=1S/C20H29N3O2.ClH/c1-14-10-15(2)12-17(11-14)23-9-6-18(20(23)25)19(24)22-8-5-16-4-3-7-21-13-16;/h10-12,16,18,21H,3-9,13H2,1-2H3,(H,22,24);1H. The highest BCUT2D eigenvalue weighted by molar-refractivity contribution is 6.09. The summed E-state index contributed by atoms with van der Waals surface area (Å²) in [7, 11) is 0. The second kappa shape index (κ2) is 9.38. The minimum Gasteiger partial charge on any atom is -0.355 e. The molecule has 6 heteroatoms. The van der Waals surface area contributed by atoms with Gasteiger partial charge < -0.3 is 15.5 Å². The van der Waals surface area contributed by atoms with Crippen LogP contribution in [0.2, 0.25) is 0 Å². The Kier molecular flexibility index (Phi) is 7.47. The molecular weight excluding hydrogens is 350 g/mol. The molecule has 2 aliphatic rings. The van der Waals surface area contributed by atoms with Gasteiger partial charge in [-0.3, -0.25) is 9.59 Å². The quantitative estimate of drug-likeness (QED) is 0.773. The van der Waals surface area contributed by atoms with Crippen molar-refractivity contribution in [3.8, 4) is 0 Å². The van der Waals surface area contributed by atoms with E-state index < -0.39 is 5.92 Å². The van der Waals surface area contributed by atoms with Gasteiger partial charge in [0.15, 0.2) is 0 Å². The zero-order valence-electron chi connectivity index (χ0n) is 15.7. The third-order valence-electron chi connectivity index (χ3n) is 5.29. The van der Waals surface area contributed by atoms with E-state index in [-0.39, 0.29) is 24.2 Å². The molecule has 2 unspecified atom stereocenters. The fraction of sp³-hybridized carbons (Fsp3) is 0.600. The lowest BCUT2D eigenvalue weighted by atomic mass is 9.96. The van der Waals surface area contributed by atoms with Gasteiger partial charge >= 0.3 is 0 Å². The number of nitrogens with one attached hydrogen (secondary N) is 2. The topological polar surface area (TPSA) is 61.4 Å². The summed E-state index contributed by atoms with van der Waals surface area (Å²) >= 11 is 0. The molecule has 1 aromatic rings. The maximum atomic E-state index is 12.7. The Balaban J connectivity index is 0.00000243. The van der Waals surface area contributed by atoms with Crippen molar-refractivity contribution in [3.05, 3.63) is 29.3 Å². The van der Waals surface area contributed by atoms with Gasteiger partial charge in [-0.1, -0.05) is 6.07 Å². The predicted molar refractivity (Wildman–Crippen MR) is 107 cm³/mol. The second-order valence-electron chi connectivity index (χ2n) is 7.47. The van der Waals surface area contributed by atoms with E-state index in [4.69, 9.17) is 0 Å². The zero-order chi connectivity index (χ0) is 17.8. The van der Waals surface area contributed by atoms with Crippen molar-refractivity contribution < 1.29 is 9.59 Å². The van der Waals surface area contributed by atoms with Crippen LogP contribution in [0.25, 0.3) is 0 Å². The van der Waals surface area contributed by atoms with Crippen LogP contribution in [0.4, 0.5) is 5.69 Å². The van der Waals surface area contributed by atoms with E-state index in [1.165, 1.54) is 12.8 Å². The first-order valence-electron chi connectivity index (χ1n) is 9.42.